The van der Waals surface area contributed by atoms with Crippen molar-refractivity contribution >= 4 is 11.6 Å². The van der Waals surface area contributed by atoms with Gasteiger partial charge in [-0.3, -0.25) is 9.59 Å². The molecule has 0 spiro atoms. The Morgan fingerprint density at radius 3 is 2.00 bits per heavy atom. The Morgan fingerprint density at radius 2 is 1.70 bits per heavy atom. The summed E-state index contributed by atoms with van der Waals surface area (Å²) in [6.45, 7) is 6.95. The standard InChI is InChI=1S/C8H12O2/c1-4-6(3)8(10)7(9)5-2/h3-5H2,1-2H3. The monoisotopic (exact) mass is 140 g/mol. The molecule has 0 aromatic heterocycles. The van der Waals surface area contributed by atoms with Gasteiger partial charge in [0.2, 0.25) is 11.6 Å². The van der Waals surface area contributed by atoms with E-state index in [0.717, 1.165) is 0 Å². The number of Topliss-reactive ketones (excluding diaryl/α,β-unsaturated/α-hetero) is 2. The van der Waals surface area contributed by atoms with Crippen LogP contribution in [0.5, 0.6) is 0 Å². The fraction of sp³-hybridized carbons (Fsp3) is 0.500. The molecule has 0 saturated heterocycles. The highest BCUT2D eigenvalue weighted by molar-refractivity contribution is 6.43. The molecule has 56 valence electrons. The first-order valence-corrected chi connectivity index (χ1v) is 3.38. The number of rotatable bonds is 4. The van der Waals surface area contributed by atoms with Crippen LogP contribution in [0.2, 0.25) is 0 Å². The first-order valence-electron chi connectivity index (χ1n) is 3.38. The van der Waals surface area contributed by atoms with Crippen molar-refractivity contribution in [2.24, 2.45) is 0 Å². The van der Waals surface area contributed by atoms with Crippen LogP contribution >= 0.6 is 0 Å². The molecule has 0 radical (unpaired) electrons. The van der Waals surface area contributed by atoms with E-state index >= 15 is 0 Å². The van der Waals surface area contributed by atoms with Crippen LogP contribution < -0.4 is 0 Å². The molecule has 0 bridgehead atoms. The zero-order valence-corrected chi connectivity index (χ0v) is 6.44. The molecule has 0 aliphatic rings. The summed E-state index contributed by atoms with van der Waals surface area (Å²) in [7, 11) is 0. The molecule has 10 heavy (non-hydrogen) atoms. The lowest BCUT2D eigenvalue weighted by molar-refractivity contribution is -0.134. The van der Waals surface area contributed by atoms with Gasteiger partial charge >= 0.3 is 0 Å². The molecular formula is C8H12O2. The number of ketones is 2. The number of allylic oxidation sites excluding steroid dienone is 1. The Bertz CT molecular complexity index is 150. The SMILES string of the molecule is C=C(CC)C(=O)C(=O)CC. The molecule has 0 saturated carbocycles. The lowest BCUT2D eigenvalue weighted by Gasteiger charge is -1.96. The molecule has 0 rings (SSSR count). The van der Waals surface area contributed by atoms with Crippen LogP contribution in [0.3, 0.4) is 0 Å². The van der Waals surface area contributed by atoms with Gasteiger partial charge in [-0.15, -0.1) is 0 Å². The van der Waals surface area contributed by atoms with Crippen molar-refractivity contribution in [3.05, 3.63) is 12.2 Å². The van der Waals surface area contributed by atoms with Crippen molar-refractivity contribution in [2.45, 2.75) is 26.7 Å². The number of carbonyl (C=O) groups excluding carboxylic acids is 2. The predicted molar refractivity (Wildman–Crippen MR) is 39.7 cm³/mol. The van der Waals surface area contributed by atoms with E-state index in [-0.39, 0.29) is 12.2 Å². The first kappa shape index (κ1) is 9.08. The maximum atomic E-state index is 10.9. The summed E-state index contributed by atoms with van der Waals surface area (Å²) in [5.41, 5.74) is 0.409. The summed E-state index contributed by atoms with van der Waals surface area (Å²) in [6.07, 6.45) is 0.836. The zero-order valence-electron chi connectivity index (χ0n) is 6.44. The lowest BCUT2D eigenvalue weighted by Crippen LogP contribution is -2.13. The summed E-state index contributed by atoms with van der Waals surface area (Å²) in [5.74, 6) is -0.753. The largest absolute Gasteiger partial charge is 0.291 e. The molecule has 0 aromatic carbocycles. The van der Waals surface area contributed by atoms with Crippen molar-refractivity contribution in [2.75, 3.05) is 0 Å². The van der Waals surface area contributed by atoms with Crippen LogP contribution in [-0.4, -0.2) is 11.6 Å². The average molecular weight is 140 g/mol. The Morgan fingerprint density at radius 1 is 1.20 bits per heavy atom. The molecule has 2 nitrogen and oxygen atoms in total. The van der Waals surface area contributed by atoms with Gasteiger partial charge in [0.1, 0.15) is 0 Å². The molecule has 0 atom stereocenters. The summed E-state index contributed by atoms with van der Waals surface area (Å²) in [5, 5.41) is 0. The summed E-state index contributed by atoms with van der Waals surface area (Å²) in [6, 6.07) is 0. The summed E-state index contributed by atoms with van der Waals surface area (Å²) >= 11 is 0. The summed E-state index contributed by atoms with van der Waals surface area (Å²) in [4.78, 5) is 21.6. The van der Waals surface area contributed by atoms with Crippen LogP contribution in [0.25, 0.3) is 0 Å². The highest BCUT2D eigenvalue weighted by Crippen LogP contribution is 2.00. The first-order chi connectivity index (χ1) is 4.63. The van der Waals surface area contributed by atoms with Crippen molar-refractivity contribution < 1.29 is 9.59 Å². The van der Waals surface area contributed by atoms with E-state index in [1.165, 1.54) is 0 Å². The maximum Gasteiger partial charge on any atom is 0.223 e. The molecule has 0 fully saturated rings. The third-order valence-electron chi connectivity index (χ3n) is 1.32. The van der Waals surface area contributed by atoms with Crippen molar-refractivity contribution in [3.63, 3.8) is 0 Å². The highest BCUT2D eigenvalue weighted by atomic mass is 16.2. The highest BCUT2D eigenvalue weighted by Gasteiger charge is 2.12. The van der Waals surface area contributed by atoms with Crippen LogP contribution in [-0.2, 0) is 9.59 Å². The smallest absolute Gasteiger partial charge is 0.223 e. The van der Waals surface area contributed by atoms with E-state index in [1.807, 2.05) is 6.92 Å². The molecular weight excluding hydrogens is 128 g/mol. The Kier molecular flexibility index (Phi) is 3.62. The van der Waals surface area contributed by atoms with E-state index in [2.05, 4.69) is 6.58 Å². The van der Waals surface area contributed by atoms with Gasteiger partial charge < -0.3 is 0 Å². The Balaban J connectivity index is 4.09. The van der Waals surface area contributed by atoms with Gasteiger partial charge in [-0.25, -0.2) is 0 Å². The normalized spacial score (nSPS) is 9.00. The van der Waals surface area contributed by atoms with Gasteiger partial charge in [0.15, 0.2) is 0 Å². The van der Waals surface area contributed by atoms with Gasteiger partial charge in [0, 0.05) is 6.42 Å². The molecule has 0 aliphatic heterocycles. The molecule has 0 unspecified atom stereocenters. The number of hydrogen-bond donors (Lipinski definition) is 0. The average Bonchev–Trinajstić information content (AvgIpc) is 2.00. The Hall–Kier alpha value is -0.920. The van der Waals surface area contributed by atoms with Gasteiger partial charge in [-0.1, -0.05) is 20.4 Å². The van der Waals surface area contributed by atoms with Gasteiger partial charge in [0.25, 0.3) is 0 Å². The topological polar surface area (TPSA) is 34.1 Å². The molecule has 2 heteroatoms. The van der Waals surface area contributed by atoms with Crippen LogP contribution in [0.4, 0.5) is 0 Å². The van der Waals surface area contributed by atoms with Gasteiger partial charge in [-0.2, -0.15) is 0 Å². The van der Waals surface area contributed by atoms with Crippen molar-refractivity contribution in [1.29, 1.82) is 0 Å². The van der Waals surface area contributed by atoms with E-state index in [9.17, 15) is 9.59 Å². The fourth-order valence-corrected chi connectivity index (χ4v) is 0.518. The third-order valence-corrected chi connectivity index (χ3v) is 1.32. The molecule has 0 heterocycles. The van der Waals surface area contributed by atoms with E-state index in [1.54, 1.807) is 6.92 Å². The zero-order chi connectivity index (χ0) is 8.15. The van der Waals surface area contributed by atoms with Crippen LogP contribution in [0, 0.1) is 0 Å². The fourth-order valence-electron chi connectivity index (χ4n) is 0.518. The van der Waals surface area contributed by atoms with Crippen molar-refractivity contribution in [3.8, 4) is 0 Å². The molecule has 0 amide bonds. The Labute approximate surface area is 60.9 Å². The number of carbonyl (C=O) groups is 2. The quantitative estimate of drug-likeness (QED) is 0.438. The second-order valence-electron chi connectivity index (χ2n) is 2.06. The van der Waals surface area contributed by atoms with E-state index < -0.39 is 5.78 Å². The van der Waals surface area contributed by atoms with Crippen LogP contribution in [0.1, 0.15) is 26.7 Å². The predicted octanol–water partition coefficient (Wildman–Crippen LogP) is 1.50. The van der Waals surface area contributed by atoms with Gasteiger partial charge in [-0.05, 0) is 12.0 Å². The second kappa shape index (κ2) is 3.99. The molecule has 0 aromatic rings. The minimum absolute atomic E-state index is 0.276. The molecule has 0 N–H and O–H groups in total. The van der Waals surface area contributed by atoms with E-state index in [4.69, 9.17) is 0 Å². The summed E-state index contributed by atoms with van der Waals surface area (Å²) < 4.78 is 0. The maximum absolute atomic E-state index is 10.9. The molecule has 0 aliphatic carbocycles. The third kappa shape index (κ3) is 2.13. The van der Waals surface area contributed by atoms with Gasteiger partial charge in [0.05, 0.1) is 0 Å². The minimum Gasteiger partial charge on any atom is -0.291 e. The van der Waals surface area contributed by atoms with Crippen molar-refractivity contribution in [1.82, 2.24) is 0 Å². The second-order valence-corrected chi connectivity index (χ2v) is 2.06. The number of hydrogen-bond acceptors (Lipinski definition) is 2. The van der Waals surface area contributed by atoms with Crippen LogP contribution in [0.15, 0.2) is 12.2 Å². The lowest BCUT2D eigenvalue weighted by atomic mass is 10.1. The van der Waals surface area contributed by atoms with E-state index in [0.29, 0.717) is 12.0 Å². The minimum atomic E-state index is -0.412.